The Morgan fingerprint density at radius 1 is 0.176 bits per heavy atom. The van der Waals surface area contributed by atoms with Gasteiger partial charge in [0.15, 0.2) is 81.5 Å². The van der Waals surface area contributed by atoms with Crippen molar-refractivity contribution in [3.63, 3.8) is 0 Å². The largest absolute Gasteiger partial charge is 0.368 e. The zero-order chi connectivity index (χ0) is 87.2. The molecule has 0 atom stereocenters. The fourth-order valence-corrected chi connectivity index (χ4v) is 17.1. The smallest absolute Gasteiger partial charge is 0.224 e. The number of hydrogen-bond donors (Lipinski definition) is 1. The number of benzene rings is 16. The van der Waals surface area contributed by atoms with Gasteiger partial charge < -0.3 is 14.9 Å². The van der Waals surface area contributed by atoms with Crippen molar-refractivity contribution in [2.45, 2.75) is 0 Å². The summed E-state index contributed by atoms with van der Waals surface area (Å²) in [7, 11) is 0. The average molecular weight is 1680 g/mol. The quantitative estimate of drug-likeness (QED) is 0.0838. The molecule has 19 heteroatoms. The first-order valence-electron chi connectivity index (χ1n) is 42.8. The van der Waals surface area contributed by atoms with Crippen LogP contribution in [0.15, 0.2) is 406 Å². The lowest BCUT2D eigenvalue weighted by molar-refractivity contribution is 1.06. The Hall–Kier alpha value is -18.5. The molecule has 0 fully saturated rings. The molecule has 0 aliphatic heterocycles. The van der Waals surface area contributed by atoms with Crippen LogP contribution in [0, 0.1) is 11.3 Å². The van der Waals surface area contributed by atoms with E-state index in [0.29, 0.717) is 98.2 Å². The first-order chi connectivity index (χ1) is 64.7. The van der Waals surface area contributed by atoms with Crippen LogP contribution in [0.5, 0.6) is 0 Å². The summed E-state index contributed by atoms with van der Waals surface area (Å²) in [5.74, 6) is 6.87. The van der Waals surface area contributed by atoms with Gasteiger partial charge in [-0.3, -0.25) is 0 Å². The number of hydrogen-bond acceptors (Lipinski definition) is 17. The molecule has 23 rings (SSSR count). The minimum atomic E-state index is 0.0806. The van der Waals surface area contributed by atoms with E-state index in [-0.39, 0.29) is 5.95 Å². The second-order valence-corrected chi connectivity index (χ2v) is 31.6. The minimum absolute atomic E-state index is 0.0806. The Labute approximate surface area is 750 Å². The molecule has 7 heterocycles. The lowest BCUT2D eigenvalue weighted by atomic mass is 9.94. The van der Waals surface area contributed by atoms with E-state index in [1.165, 1.54) is 0 Å². The van der Waals surface area contributed by atoms with E-state index in [0.717, 1.165) is 144 Å². The zero-order valence-corrected chi connectivity index (χ0v) is 69.8. The standard InChI is InChI=1S/C112H69N19/c113-68-69-29-28-48-79(61-69)80-49-55-92(130-93-57-51-82(107-119-98(70-30-10-1-11-31-70)115-99(120-107)71-32-12-2-13-33-71)64-87(93)90-67-85(54-60-94(90)130)110-125-106(128-112(114)129-110)78-46-26-9-27-47-78)86(62-80)81-50-56-97(91(63-81)111-126-104(76-42-22-7-23-43-76)118-105(127-111)77-44-24-8-25-45-77)131-95-58-52-83(108-121-100(72-34-14-3-15-35-72)116-101(122-108)73-36-16-4-17-37-73)65-88(95)89-66-84(53-59-96(89)131)109-123-102(74-38-18-5-19-39-74)117-103(124-109)75-40-20-6-21-41-75/h1-67H,(H2,114,125,128,129). The van der Waals surface area contributed by atoms with Crippen LogP contribution in [0.25, 0.3) is 237 Å². The van der Waals surface area contributed by atoms with Gasteiger partial charge in [-0.05, 0) is 126 Å². The van der Waals surface area contributed by atoms with Gasteiger partial charge in [0.2, 0.25) is 5.95 Å². The van der Waals surface area contributed by atoms with E-state index in [4.69, 9.17) is 75.5 Å². The Bertz CT molecular complexity index is 7980. The summed E-state index contributed by atoms with van der Waals surface area (Å²) in [5, 5.41) is 14.1. The fraction of sp³-hybridized carbons (Fsp3) is 0. The summed E-state index contributed by atoms with van der Waals surface area (Å²) in [6, 6.07) is 139. The van der Waals surface area contributed by atoms with Crippen molar-refractivity contribution in [3.05, 3.63) is 412 Å². The van der Waals surface area contributed by atoms with Crippen molar-refractivity contribution in [3.8, 4) is 199 Å². The Kier molecular flexibility index (Phi) is 19.6. The summed E-state index contributed by atoms with van der Waals surface area (Å²) in [6.07, 6.45) is 0. The molecular formula is C112H69N19. The lowest BCUT2D eigenvalue weighted by Crippen LogP contribution is -2.05. The number of anilines is 1. The third-order valence-corrected chi connectivity index (χ3v) is 23.4. The van der Waals surface area contributed by atoms with Crippen LogP contribution in [-0.2, 0) is 0 Å². The number of nitrogen functional groups attached to an aromatic ring is 1. The van der Waals surface area contributed by atoms with E-state index < -0.39 is 0 Å². The van der Waals surface area contributed by atoms with E-state index in [1.54, 1.807) is 0 Å². The highest BCUT2D eigenvalue weighted by molar-refractivity contribution is 6.14. The van der Waals surface area contributed by atoms with Crippen molar-refractivity contribution in [2.75, 3.05) is 5.73 Å². The summed E-state index contributed by atoms with van der Waals surface area (Å²) < 4.78 is 4.62. The summed E-state index contributed by atoms with van der Waals surface area (Å²) in [5.41, 5.74) is 26.5. The van der Waals surface area contributed by atoms with E-state index in [1.807, 2.05) is 303 Å². The maximum Gasteiger partial charge on any atom is 0.224 e. The molecule has 2 N–H and O–H groups in total. The van der Waals surface area contributed by atoms with Crippen LogP contribution in [0.3, 0.4) is 0 Å². The second-order valence-electron chi connectivity index (χ2n) is 31.6. The fourth-order valence-electron chi connectivity index (χ4n) is 17.1. The Morgan fingerprint density at radius 2 is 0.389 bits per heavy atom. The lowest BCUT2D eigenvalue weighted by Gasteiger charge is -2.19. The van der Waals surface area contributed by atoms with Crippen LogP contribution in [0.1, 0.15) is 5.56 Å². The number of nitrogens with zero attached hydrogens (tertiary/aromatic N) is 18. The van der Waals surface area contributed by atoms with Crippen molar-refractivity contribution >= 4 is 49.6 Å². The molecule has 0 saturated carbocycles. The molecule has 7 aromatic heterocycles. The molecule has 0 aliphatic rings. The number of nitrogens with two attached hydrogens (primary N) is 1. The van der Waals surface area contributed by atoms with Gasteiger partial charge in [0, 0.05) is 105 Å². The number of fused-ring (bicyclic) bond motifs is 6. The molecule has 0 spiro atoms. The maximum atomic E-state index is 10.6. The molecule has 0 bridgehead atoms. The Morgan fingerprint density at radius 3 is 0.672 bits per heavy atom. The van der Waals surface area contributed by atoms with E-state index in [2.05, 4.69) is 123 Å². The summed E-state index contributed by atoms with van der Waals surface area (Å²) in [4.78, 5) is 78.2. The third kappa shape index (κ3) is 14.9. The SMILES string of the molecule is N#Cc1cccc(-c2ccc(-n3c4ccc(-c5nc(N)nc(-c6ccccc6)n5)cc4c4cc(-c5nc(-c6ccccc6)nc(-c6ccccc6)n5)ccc43)c(-c3ccc(-n4c5ccc(-c6nc(-c7ccccc7)nc(-c7ccccc7)n6)cc5c5cc(-c6nc(-c7ccccc7)nc(-c7ccccc7)n6)ccc54)c(-c4nc(-c5ccccc5)nc(-c5ccccc5)n4)c3)c2)c1. The average Bonchev–Trinajstić information content (AvgIpc) is 1.58. The van der Waals surface area contributed by atoms with Crippen LogP contribution in [0.4, 0.5) is 5.95 Å². The number of aromatic nitrogens is 17. The van der Waals surface area contributed by atoms with E-state index >= 15 is 0 Å². The minimum Gasteiger partial charge on any atom is -0.368 e. The van der Waals surface area contributed by atoms with Crippen molar-refractivity contribution in [1.82, 2.24) is 83.9 Å². The normalized spacial score (nSPS) is 11.4. The first-order valence-corrected chi connectivity index (χ1v) is 42.8. The molecule has 0 aliphatic carbocycles. The Balaban J connectivity index is 0.792. The molecule has 612 valence electrons. The predicted molar refractivity (Wildman–Crippen MR) is 518 cm³/mol. The second kappa shape index (κ2) is 33.2. The molecule has 19 nitrogen and oxygen atoms in total. The molecule has 0 saturated heterocycles. The zero-order valence-electron chi connectivity index (χ0n) is 69.8. The van der Waals surface area contributed by atoms with Gasteiger partial charge in [-0.2, -0.15) is 15.2 Å². The van der Waals surface area contributed by atoms with Crippen molar-refractivity contribution in [2.24, 2.45) is 0 Å². The van der Waals surface area contributed by atoms with Crippen molar-refractivity contribution < 1.29 is 0 Å². The number of rotatable bonds is 18. The van der Waals surface area contributed by atoms with Crippen LogP contribution >= 0.6 is 0 Å². The van der Waals surface area contributed by atoms with Gasteiger partial charge in [0.25, 0.3) is 0 Å². The van der Waals surface area contributed by atoms with Gasteiger partial charge in [-0.15, -0.1) is 0 Å². The van der Waals surface area contributed by atoms with Gasteiger partial charge in [-0.1, -0.05) is 297 Å². The van der Waals surface area contributed by atoms with Crippen LogP contribution < -0.4 is 5.73 Å². The molecule has 0 radical (unpaired) electrons. The first kappa shape index (κ1) is 77.3. The van der Waals surface area contributed by atoms with Crippen molar-refractivity contribution in [1.29, 1.82) is 5.26 Å². The van der Waals surface area contributed by atoms with Gasteiger partial charge >= 0.3 is 0 Å². The van der Waals surface area contributed by atoms with Gasteiger partial charge in [0.05, 0.1) is 45.1 Å². The summed E-state index contributed by atoms with van der Waals surface area (Å²) >= 11 is 0. The highest BCUT2D eigenvalue weighted by atomic mass is 15.1. The van der Waals surface area contributed by atoms with Gasteiger partial charge in [-0.25, -0.2) is 64.8 Å². The molecule has 131 heavy (non-hydrogen) atoms. The topological polar surface area (TPSA) is 253 Å². The number of nitriles is 1. The van der Waals surface area contributed by atoms with Crippen LogP contribution in [0.2, 0.25) is 0 Å². The highest BCUT2D eigenvalue weighted by Gasteiger charge is 2.28. The molecular weight excluding hydrogens is 1610 g/mol. The molecule has 0 amide bonds. The molecule has 0 unspecified atom stereocenters. The third-order valence-electron chi connectivity index (χ3n) is 23.4. The highest BCUT2D eigenvalue weighted by Crippen LogP contribution is 2.46. The van der Waals surface area contributed by atoms with E-state index in [9.17, 15) is 5.26 Å². The molecule has 16 aromatic carbocycles. The summed E-state index contributed by atoms with van der Waals surface area (Å²) in [6.45, 7) is 0. The van der Waals surface area contributed by atoms with Crippen LogP contribution in [-0.4, -0.2) is 83.9 Å². The maximum absolute atomic E-state index is 10.6. The molecule has 23 aromatic rings. The monoisotopic (exact) mass is 1680 g/mol. The predicted octanol–water partition coefficient (Wildman–Crippen LogP) is 24.9. The van der Waals surface area contributed by atoms with Gasteiger partial charge in [0.1, 0.15) is 0 Å².